The van der Waals surface area contributed by atoms with Gasteiger partial charge < -0.3 is 9.41 Å². The van der Waals surface area contributed by atoms with Crippen LogP contribution in [0.2, 0.25) is 18.1 Å². The summed E-state index contributed by atoms with van der Waals surface area (Å²) in [6.45, 7) is 10.7. The minimum absolute atomic E-state index is 0.00445. The van der Waals surface area contributed by atoms with Crippen LogP contribution in [0.25, 0.3) is 11.3 Å². The zero-order valence-corrected chi connectivity index (χ0v) is 23.5. The SMILES string of the molecule is CC(C)(C)[Si](C)(C)OCCS(=O)(=O)N1CC(=O)c2c([nH]c(-c3ccncc3)c2Cc2ccccc2)C1. The van der Waals surface area contributed by atoms with Crippen molar-refractivity contribution in [3.8, 4) is 11.3 Å². The maximum atomic E-state index is 13.4. The Morgan fingerprint density at radius 2 is 1.72 bits per heavy atom. The molecule has 2 aromatic heterocycles. The molecule has 192 valence electrons. The number of Topliss-reactive ketones (excluding diaryl/α,β-unsaturated/α-hetero) is 1. The number of carbonyl (C=O) groups excluding carboxylic acids is 1. The molecule has 0 radical (unpaired) electrons. The average Bonchev–Trinajstić information content (AvgIpc) is 3.18. The summed E-state index contributed by atoms with van der Waals surface area (Å²) in [5, 5.41) is -0.00445. The molecule has 1 aliphatic rings. The van der Waals surface area contributed by atoms with Gasteiger partial charge >= 0.3 is 0 Å². The number of benzene rings is 1. The van der Waals surface area contributed by atoms with Crippen molar-refractivity contribution in [2.45, 2.75) is 51.9 Å². The zero-order valence-electron chi connectivity index (χ0n) is 21.7. The van der Waals surface area contributed by atoms with Crippen molar-refractivity contribution in [1.29, 1.82) is 0 Å². The second kappa shape index (κ2) is 10.0. The molecule has 0 spiro atoms. The Balaban J connectivity index is 1.61. The highest BCUT2D eigenvalue weighted by atomic mass is 32.2. The second-order valence-electron chi connectivity index (χ2n) is 10.8. The number of rotatable bonds is 8. The van der Waals surface area contributed by atoms with Gasteiger partial charge in [-0.25, -0.2) is 8.42 Å². The van der Waals surface area contributed by atoms with E-state index in [1.54, 1.807) is 12.4 Å². The molecule has 0 saturated heterocycles. The van der Waals surface area contributed by atoms with Crippen molar-refractivity contribution in [2.24, 2.45) is 0 Å². The van der Waals surface area contributed by atoms with Gasteiger partial charge in [-0.1, -0.05) is 51.1 Å². The quantitative estimate of drug-likeness (QED) is 0.417. The minimum atomic E-state index is -3.67. The van der Waals surface area contributed by atoms with Gasteiger partial charge in [-0.3, -0.25) is 9.78 Å². The Kier molecular flexibility index (Phi) is 7.39. The second-order valence-corrected chi connectivity index (χ2v) is 17.7. The molecule has 3 heterocycles. The first kappa shape index (κ1) is 26.5. The van der Waals surface area contributed by atoms with Crippen molar-refractivity contribution >= 4 is 24.1 Å². The first-order valence-corrected chi connectivity index (χ1v) is 16.7. The fourth-order valence-electron chi connectivity index (χ4n) is 4.21. The van der Waals surface area contributed by atoms with Crippen LogP contribution in [0.5, 0.6) is 0 Å². The van der Waals surface area contributed by atoms with Gasteiger partial charge in [0.2, 0.25) is 10.0 Å². The number of aromatic nitrogens is 2. The Morgan fingerprint density at radius 1 is 1.06 bits per heavy atom. The Morgan fingerprint density at radius 3 is 2.36 bits per heavy atom. The topological polar surface area (TPSA) is 92.4 Å². The van der Waals surface area contributed by atoms with E-state index in [2.05, 4.69) is 43.8 Å². The highest BCUT2D eigenvalue weighted by Gasteiger charge is 2.39. The number of nitrogens with zero attached hydrogens (tertiary/aromatic N) is 2. The summed E-state index contributed by atoms with van der Waals surface area (Å²) in [7, 11) is -5.74. The molecule has 7 nitrogen and oxygen atoms in total. The van der Waals surface area contributed by atoms with Gasteiger partial charge in [0.25, 0.3) is 0 Å². The molecular weight excluding hydrogens is 490 g/mol. The molecule has 36 heavy (non-hydrogen) atoms. The number of pyridine rings is 1. The lowest BCUT2D eigenvalue weighted by molar-refractivity contribution is 0.0948. The highest BCUT2D eigenvalue weighted by Crippen LogP contribution is 2.37. The molecule has 1 N–H and O–H groups in total. The first-order chi connectivity index (χ1) is 16.9. The zero-order chi connectivity index (χ0) is 26.1. The predicted molar refractivity (Wildman–Crippen MR) is 145 cm³/mol. The monoisotopic (exact) mass is 525 g/mol. The fourth-order valence-corrected chi connectivity index (χ4v) is 6.59. The van der Waals surface area contributed by atoms with Gasteiger partial charge in [0.15, 0.2) is 14.1 Å². The van der Waals surface area contributed by atoms with Crippen LogP contribution in [0.4, 0.5) is 0 Å². The maximum absolute atomic E-state index is 13.4. The van der Waals surface area contributed by atoms with Crippen molar-refractivity contribution < 1.29 is 17.6 Å². The third-order valence-electron chi connectivity index (χ3n) is 7.31. The van der Waals surface area contributed by atoms with Crippen LogP contribution in [-0.4, -0.2) is 55.7 Å². The van der Waals surface area contributed by atoms with Gasteiger partial charge in [-0.05, 0) is 41.4 Å². The van der Waals surface area contributed by atoms with E-state index in [-0.39, 0.29) is 36.3 Å². The Labute approximate surface area is 215 Å². The standard InChI is InChI=1S/C27H35N3O4SSi/c1-27(2,3)36(4,5)34-15-16-35(32,33)30-18-23-25(24(31)19-30)22(17-20-9-7-6-8-10-20)26(29-23)21-11-13-28-14-12-21/h6-14,29H,15-19H2,1-5H3. The van der Waals surface area contributed by atoms with Crippen LogP contribution in [0, 0.1) is 0 Å². The van der Waals surface area contributed by atoms with Crippen molar-refractivity contribution in [3.63, 3.8) is 0 Å². The minimum Gasteiger partial charge on any atom is -0.416 e. The molecular formula is C27H35N3O4SSi. The Bertz CT molecular complexity index is 1330. The van der Waals surface area contributed by atoms with Crippen LogP contribution < -0.4 is 0 Å². The number of hydrogen-bond donors (Lipinski definition) is 1. The summed E-state index contributed by atoms with van der Waals surface area (Å²) in [5.74, 6) is -0.329. The summed E-state index contributed by atoms with van der Waals surface area (Å²) in [6.07, 6.45) is 3.99. The van der Waals surface area contributed by atoms with E-state index in [4.69, 9.17) is 4.43 Å². The normalized spacial score (nSPS) is 15.2. The smallest absolute Gasteiger partial charge is 0.217 e. The van der Waals surface area contributed by atoms with Gasteiger partial charge in [0, 0.05) is 42.2 Å². The van der Waals surface area contributed by atoms with E-state index in [0.717, 1.165) is 22.4 Å². The molecule has 4 rings (SSSR count). The number of fused-ring (bicyclic) bond motifs is 1. The van der Waals surface area contributed by atoms with Gasteiger partial charge in [0.1, 0.15) is 0 Å². The number of H-pyrrole nitrogens is 1. The predicted octanol–water partition coefficient (Wildman–Crippen LogP) is 5.02. The lowest BCUT2D eigenvalue weighted by Gasteiger charge is -2.36. The summed E-state index contributed by atoms with van der Waals surface area (Å²) < 4.78 is 33.8. The molecule has 0 amide bonds. The van der Waals surface area contributed by atoms with Crippen LogP contribution in [-0.2, 0) is 27.4 Å². The number of carbonyl (C=O) groups is 1. The molecule has 0 saturated carbocycles. The fraction of sp³-hybridized carbons (Fsp3) is 0.407. The maximum Gasteiger partial charge on any atom is 0.217 e. The first-order valence-electron chi connectivity index (χ1n) is 12.2. The summed E-state index contributed by atoms with van der Waals surface area (Å²) in [6, 6.07) is 13.8. The molecule has 1 aliphatic heterocycles. The van der Waals surface area contributed by atoms with Crippen LogP contribution in [0.15, 0.2) is 54.9 Å². The number of sulfonamides is 1. The van der Waals surface area contributed by atoms with E-state index < -0.39 is 18.3 Å². The van der Waals surface area contributed by atoms with E-state index in [9.17, 15) is 13.2 Å². The molecule has 0 unspecified atom stereocenters. The van der Waals surface area contributed by atoms with Gasteiger partial charge in [-0.15, -0.1) is 0 Å². The number of aromatic amines is 1. The summed E-state index contributed by atoms with van der Waals surface area (Å²) in [4.78, 5) is 20.9. The third-order valence-corrected chi connectivity index (χ3v) is 13.6. The molecule has 0 fully saturated rings. The molecule has 0 bridgehead atoms. The van der Waals surface area contributed by atoms with Crippen molar-refractivity contribution in [3.05, 3.63) is 77.2 Å². The van der Waals surface area contributed by atoms with E-state index >= 15 is 0 Å². The van der Waals surface area contributed by atoms with E-state index in [0.29, 0.717) is 17.7 Å². The van der Waals surface area contributed by atoms with Crippen molar-refractivity contribution in [1.82, 2.24) is 14.3 Å². The van der Waals surface area contributed by atoms with Crippen molar-refractivity contribution in [2.75, 3.05) is 18.9 Å². The Hall–Kier alpha value is -2.59. The third kappa shape index (κ3) is 5.54. The lowest BCUT2D eigenvalue weighted by Crippen LogP contribution is -2.44. The van der Waals surface area contributed by atoms with E-state index in [1.807, 2.05) is 42.5 Å². The van der Waals surface area contributed by atoms with Crippen LogP contribution in [0.1, 0.15) is 48.0 Å². The number of nitrogens with one attached hydrogen (secondary N) is 1. The highest BCUT2D eigenvalue weighted by molar-refractivity contribution is 7.89. The lowest BCUT2D eigenvalue weighted by atomic mass is 9.94. The number of ketones is 1. The molecule has 0 atom stereocenters. The average molecular weight is 526 g/mol. The molecule has 3 aromatic rings. The molecule has 1 aromatic carbocycles. The van der Waals surface area contributed by atoms with Gasteiger partial charge in [0.05, 0.1) is 24.5 Å². The summed E-state index contributed by atoms with van der Waals surface area (Å²) in [5.41, 5.74) is 4.97. The summed E-state index contributed by atoms with van der Waals surface area (Å²) >= 11 is 0. The number of hydrogen-bond acceptors (Lipinski definition) is 5. The van der Waals surface area contributed by atoms with Gasteiger partial charge in [-0.2, -0.15) is 4.31 Å². The van der Waals surface area contributed by atoms with Crippen LogP contribution >= 0.6 is 0 Å². The molecule has 9 heteroatoms. The van der Waals surface area contributed by atoms with Crippen LogP contribution in [0.3, 0.4) is 0 Å². The molecule has 0 aliphatic carbocycles. The largest absolute Gasteiger partial charge is 0.416 e. The van der Waals surface area contributed by atoms with E-state index in [1.165, 1.54) is 4.31 Å².